The van der Waals surface area contributed by atoms with Crippen LogP contribution < -0.4 is 0 Å². The summed E-state index contributed by atoms with van der Waals surface area (Å²) in [6.07, 6.45) is 1.36. The average Bonchev–Trinajstić information content (AvgIpc) is 2.68. The second kappa shape index (κ2) is 5.45. The van der Waals surface area contributed by atoms with Gasteiger partial charge >= 0.3 is 0 Å². The Morgan fingerprint density at radius 2 is 1.95 bits per heavy atom. The van der Waals surface area contributed by atoms with E-state index in [0.29, 0.717) is 0 Å². The van der Waals surface area contributed by atoms with Crippen LogP contribution in [-0.2, 0) is 6.54 Å². The van der Waals surface area contributed by atoms with E-state index in [1.165, 1.54) is 6.08 Å². The molecule has 1 aromatic carbocycles. The van der Waals surface area contributed by atoms with E-state index < -0.39 is 0 Å². The molecule has 0 aliphatic heterocycles. The number of carbonyl (C=O) groups is 1. The number of rotatable bonds is 4. The normalized spacial score (nSPS) is 10.5. The Morgan fingerprint density at radius 1 is 1.32 bits per heavy atom. The molecule has 0 aliphatic rings. The van der Waals surface area contributed by atoms with Gasteiger partial charge in [0.25, 0.3) is 0 Å². The van der Waals surface area contributed by atoms with Gasteiger partial charge in [-0.05, 0) is 43.7 Å². The van der Waals surface area contributed by atoms with Gasteiger partial charge in [-0.15, -0.1) is 0 Å². The first-order chi connectivity index (χ1) is 9.02. The van der Waals surface area contributed by atoms with Crippen LogP contribution in [0.4, 0.5) is 0 Å². The summed E-state index contributed by atoms with van der Waals surface area (Å²) >= 11 is 5.88. The number of aromatic nitrogens is 1. The maximum absolute atomic E-state index is 11.7. The Balaban J connectivity index is 2.35. The first kappa shape index (κ1) is 13.6. The van der Waals surface area contributed by atoms with Crippen LogP contribution in [0, 0.1) is 13.8 Å². The molecule has 0 saturated carbocycles. The Labute approximate surface area is 118 Å². The summed E-state index contributed by atoms with van der Waals surface area (Å²) in [6, 6.07) is 9.66. The molecule has 3 heteroatoms. The van der Waals surface area contributed by atoms with Gasteiger partial charge in [-0.1, -0.05) is 30.3 Å². The molecule has 1 aromatic heterocycles. The molecule has 0 aliphatic carbocycles. The average molecular weight is 274 g/mol. The number of allylic oxidation sites excluding steroid dienone is 1. The van der Waals surface area contributed by atoms with E-state index in [2.05, 4.69) is 11.1 Å². The van der Waals surface area contributed by atoms with E-state index in [-0.39, 0.29) is 5.78 Å². The number of nitrogens with zero attached hydrogens (tertiary/aromatic N) is 1. The standard InChI is InChI=1S/C16H16ClNO/c1-4-16(19)15-9-11(2)18(12(15)3)10-13-5-7-14(17)8-6-13/h4-9H,1,10H2,2-3H3. The zero-order valence-corrected chi connectivity index (χ0v) is 11.9. The van der Waals surface area contributed by atoms with Crippen LogP contribution in [0.5, 0.6) is 0 Å². The molecule has 0 spiro atoms. The zero-order chi connectivity index (χ0) is 14.0. The first-order valence-electron chi connectivity index (χ1n) is 6.11. The Morgan fingerprint density at radius 3 is 2.53 bits per heavy atom. The largest absolute Gasteiger partial charge is 0.344 e. The molecule has 19 heavy (non-hydrogen) atoms. The van der Waals surface area contributed by atoms with Crippen molar-refractivity contribution >= 4 is 17.4 Å². The Kier molecular flexibility index (Phi) is 3.91. The summed E-state index contributed by atoms with van der Waals surface area (Å²) in [6.45, 7) is 8.23. The van der Waals surface area contributed by atoms with Crippen molar-refractivity contribution in [1.82, 2.24) is 4.57 Å². The number of hydrogen-bond donors (Lipinski definition) is 0. The fourth-order valence-corrected chi connectivity index (χ4v) is 2.30. The van der Waals surface area contributed by atoms with E-state index in [1.807, 2.05) is 44.2 Å². The molecule has 0 atom stereocenters. The molecule has 98 valence electrons. The number of carbonyl (C=O) groups excluding carboxylic acids is 1. The fourth-order valence-electron chi connectivity index (χ4n) is 2.18. The summed E-state index contributed by atoms with van der Waals surface area (Å²) in [5.41, 5.74) is 3.92. The molecule has 0 saturated heterocycles. The van der Waals surface area contributed by atoms with Gasteiger partial charge in [0.1, 0.15) is 0 Å². The van der Waals surface area contributed by atoms with Crippen LogP contribution in [0.2, 0.25) is 5.02 Å². The van der Waals surface area contributed by atoms with Crippen molar-refractivity contribution in [2.24, 2.45) is 0 Å². The lowest BCUT2D eigenvalue weighted by Crippen LogP contribution is -2.05. The van der Waals surface area contributed by atoms with Crippen molar-refractivity contribution in [2.75, 3.05) is 0 Å². The molecule has 0 bridgehead atoms. The molecule has 2 rings (SSSR count). The van der Waals surface area contributed by atoms with Gasteiger partial charge in [0.2, 0.25) is 0 Å². The third-order valence-corrected chi connectivity index (χ3v) is 3.53. The predicted octanol–water partition coefficient (Wildman–Crippen LogP) is 4.18. The highest BCUT2D eigenvalue weighted by atomic mass is 35.5. The third-order valence-electron chi connectivity index (χ3n) is 3.28. The van der Waals surface area contributed by atoms with Gasteiger partial charge < -0.3 is 4.57 Å². The minimum Gasteiger partial charge on any atom is -0.344 e. The molecule has 1 heterocycles. The van der Waals surface area contributed by atoms with Crippen molar-refractivity contribution in [3.05, 3.63) is 70.5 Å². The van der Waals surface area contributed by atoms with Crippen molar-refractivity contribution in [3.8, 4) is 0 Å². The molecule has 0 fully saturated rings. The maximum atomic E-state index is 11.7. The molecule has 2 nitrogen and oxygen atoms in total. The smallest absolute Gasteiger partial charge is 0.187 e. The van der Waals surface area contributed by atoms with Crippen LogP contribution in [0.15, 0.2) is 43.0 Å². The van der Waals surface area contributed by atoms with Crippen LogP contribution in [0.1, 0.15) is 27.3 Å². The van der Waals surface area contributed by atoms with Crippen molar-refractivity contribution in [2.45, 2.75) is 20.4 Å². The van der Waals surface area contributed by atoms with Gasteiger partial charge in [-0.2, -0.15) is 0 Å². The van der Waals surface area contributed by atoms with Gasteiger partial charge in [0.15, 0.2) is 5.78 Å². The summed E-state index contributed by atoms with van der Waals surface area (Å²) < 4.78 is 2.12. The second-order valence-corrected chi connectivity index (χ2v) is 5.00. The summed E-state index contributed by atoms with van der Waals surface area (Å²) in [4.78, 5) is 11.7. The SMILES string of the molecule is C=CC(=O)c1cc(C)n(Cc2ccc(Cl)cc2)c1C. The fraction of sp³-hybridized carbons (Fsp3) is 0.188. The lowest BCUT2D eigenvalue weighted by molar-refractivity contribution is 0.104. The van der Waals surface area contributed by atoms with Gasteiger partial charge in [-0.3, -0.25) is 4.79 Å². The number of hydrogen-bond acceptors (Lipinski definition) is 1. The lowest BCUT2D eigenvalue weighted by Gasteiger charge is -2.10. The summed E-state index contributed by atoms with van der Waals surface area (Å²) in [7, 11) is 0. The van der Waals surface area contributed by atoms with Gasteiger partial charge in [0.05, 0.1) is 0 Å². The van der Waals surface area contributed by atoms with E-state index >= 15 is 0 Å². The van der Waals surface area contributed by atoms with Crippen molar-refractivity contribution < 1.29 is 4.79 Å². The second-order valence-electron chi connectivity index (χ2n) is 4.57. The van der Waals surface area contributed by atoms with E-state index in [4.69, 9.17) is 11.6 Å². The first-order valence-corrected chi connectivity index (χ1v) is 6.48. The zero-order valence-electron chi connectivity index (χ0n) is 11.1. The maximum Gasteiger partial charge on any atom is 0.187 e. The highest BCUT2D eigenvalue weighted by molar-refractivity contribution is 6.30. The minimum absolute atomic E-state index is 0.0320. The summed E-state index contributed by atoms with van der Waals surface area (Å²) in [5, 5.41) is 0.729. The van der Waals surface area contributed by atoms with Crippen LogP contribution in [-0.4, -0.2) is 10.4 Å². The molecule has 0 amide bonds. The van der Waals surface area contributed by atoms with E-state index in [0.717, 1.165) is 34.1 Å². The minimum atomic E-state index is -0.0320. The van der Waals surface area contributed by atoms with Crippen molar-refractivity contribution in [3.63, 3.8) is 0 Å². The van der Waals surface area contributed by atoms with Crippen LogP contribution in [0.3, 0.4) is 0 Å². The van der Waals surface area contributed by atoms with Crippen molar-refractivity contribution in [1.29, 1.82) is 0 Å². The Bertz CT molecular complexity index is 623. The molecule has 2 aromatic rings. The highest BCUT2D eigenvalue weighted by Gasteiger charge is 2.13. The highest BCUT2D eigenvalue weighted by Crippen LogP contribution is 2.19. The summed E-state index contributed by atoms with van der Waals surface area (Å²) in [5.74, 6) is -0.0320. The quantitative estimate of drug-likeness (QED) is 0.605. The third kappa shape index (κ3) is 2.79. The molecule has 0 unspecified atom stereocenters. The molecule has 0 N–H and O–H groups in total. The number of benzene rings is 1. The van der Waals surface area contributed by atoms with Gasteiger partial charge in [-0.25, -0.2) is 0 Å². The molecule has 0 radical (unpaired) electrons. The Hall–Kier alpha value is -1.80. The number of halogens is 1. The van der Waals surface area contributed by atoms with Crippen LogP contribution in [0.25, 0.3) is 0 Å². The topological polar surface area (TPSA) is 22.0 Å². The van der Waals surface area contributed by atoms with E-state index in [9.17, 15) is 4.79 Å². The number of ketones is 1. The molecular weight excluding hydrogens is 258 g/mol. The number of aryl methyl sites for hydroxylation is 1. The van der Waals surface area contributed by atoms with Gasteiger partial charge in [0, 0.05) is 28.5 Å². The van der Waals surface area contributed by atoms with E-state index in [1.54, 1.807) is 0 Å². The van der Waals surface area contributed by atoms with Crippen LogP contribution >= 0.6 is 11.6 Å². The monoisotopic (exact) mass is 273 g/mol. The lowest BCUT2D eigenvalue weighted by atomic mass is 10.1. The molecular formula is C16H16ClNO. The predicted molar refractivity (Wildman–Crippen MR) is 79.0 cm³/mol.